The molecular formula is C38H33BrCl2N2O8. The van der Waals surface area contributed by atoms with Crippen molar-refractivity contribution < 1.29 is 38.5 Å². The van der Waals surface area contributed by atoms with Gasteiger partial charge in [0.1, 0.15) is 23.0 Å². The molecule has 0 radical (unpaired) electrons. The standard InChI is InChI=1S/C38H33BrCl2N2O8/c1-49-24-11-15-29(50-2)21(16-24)7-4-20-5-8-22(9-6-20)43-33(45)27-14-13-25-28(31(27)34(43)46)18-37(40)35(47)42(19-39)36(48)38(37,41)32(25)26-12-10-23(44)17-30(26)51-3/h4-13,15-17,27-28,31-32,44H,14,18-19H2,1-3H3/t27-,28+,31-,32+,37+,38-/m0/s1. The number of hydrogen-bond acceptors (Lipinski definition) is 8. The van der Waals surface area contributed by atoms with Crippen molar-refractivity contribution in [1.82, 2.24) is 4.90 Å². The smallest absolute Gasteiger partial charge is 0.254 e. The molecule has 7 rings (SSSR count). The van der Waals surface area contributed by atoms with Crippen LogP contribution in [0.3, 0.4) is 0 Å². The third-order valence-corrected chi connectivity index (χ3v) is 12.5. The molecule has 51 heavy (non-hydrogen) atoms. The van der Waals surface area contributed by atoms with Crippen molar-refractivity contribution in [1.29, 1.82) is 0 Å². The number of carbonyl (C=O) groups is 4. The fraction of sp³-hybridized carbons (Fsp3) is 0.316. The Morgan fingerprint density at radius 3 is 2.25 bits per heavy atom. The molecular weight excluding hydrogens is 763 g/mol. The number of rotatable bonds is 8. The predicted molar refractivity (Wildman–Crippen MR) is 195 cm³/mol. The lowest BCUT2D eigenvalue weighted by atomic mass is 9.56. The molecule has 4 amide bonds. The van der Waals surface area contributed by atoms with Gasteiger partial charge in [-0.3, -0.25) is 29.0 Å². The van der Waals surface area contributed by atoms with Crippen molar-refractivity contribution in [3.63, 3.8) is 0 Å². The number of nitrogens with zero attached hydrogens (tertiary/aromatic N) is 2. The van der Waals surface area contributed by atoms with Gasteiger partial charge in [0.25, 0.3) is 11.8 Å². The second-order valence-corrected chi connectivity index (χ2v) is 14.7. The van der Waals surface area contributed by atoms with E-state index in [1.807, 2.05) is 48.6 Å². The first-order valence-electron chi connectivity index (χ1n) is 16.2. The molecule has 2 heterocycles. The van der Waals surface area contributed by atoms with Gasteiger partial charge in [-0.2, -0.15) is 0 Å². The van der Waals surface area contributed by atoms with E-state index in [1.165, 1.54) is 24.1 Å². The SMILES string of the molecule is COc1ccc(OC)c(C=Cc2ccc(N3C(=O)[C@H]4[C@H](CC=C5[C@H]4C[C@@]4(Cl)C(=O)N(CBr)C(=O)[C@@]4(Cl)[C@H]5c4ccc(O)cc4OC)C3=O)cc2)c1. The van der Waals surface area contributed by atoms with Crippen molar-refractivity contribution in [2.24, 2.45) is 17.8 Å². The maximum Gasteiger partial charge on any atom is 0.254 e. The highest BCUT2D eigenvalue weighted by Gasteiger charge is 2.76. The second-order valence-electron chi connectivity index (χ2n) is 13.0. The first-order valence-corrected chi connectivity index (χ1v) is 18.1. The summed E-state index contributed by atoms with van der Waals surface area (Å²) in [6.07, 6.45) is 5.70. The van der Waals surface area contributed by atoms with E-state index in [0.29, 0.717) is 28.3 Å². The van der Waals surface area contributed by atoms with Crippen molar-refractivity contribution in [3.05, 3.63) is 89.0 Å². The number of benzene rings is 3. The molecule has 0 spiro atoms. The van der Waals surface area contributed by atoms with Crippen LogP contribution in [-0.4, -0.2) is 70.2 Å². The van der Waals surface area contributed by atoms with E-state index < -0.39 is 51.1 Å². The zero-order chi connectivity index (χ0) is 36.4. The number of carbonyl (C=O) groups excluding carboxylic acids is 4. The molecule has 3 fully saturated rings. The van der Waals surface area contributed by atoms with Crippen LogP contribution in [0.1, 0.15) is 35.4 Å². The van der Waals surface area contributed by atoms with E-state index in [4.69, 9.17) is 37.4 Å². The highest BCUT2D eigenvalue weighted by molar-refractivity contribution is 9.09. The molecule has 2 aliphatic heterocycles. The van der Waals surface area contributed by atoms with Gasteiger partial charge in [-0.15, -0.1) is 23.2 Å². The Morgan fingerprint density at radius 2 is 1.59 bits per heavy atom. The first kappa shape index (κ1) is 35.1. The average molecular weight is 796 g/mol. The van der Waals surface area contributed by atoms with Crippen molar-refractivity contribution in [3.8, 4) is 23.0 Å². The molecule has 3 aromatic rings. The van der Waals surface area contributed by atoms with Gasteiger partial charge in [0.15, 0.2) is 9.75 Å². The number of phenols is 1. The van der Waals surface area contributed by atoms with Gasteiger partial charge < -0.3 is 19.3 Å². The lowest BCUT2D eigenvalue weighted by molar-refractivity contribution is -0.138. The summed E-state index contributed by atoms with van der Waals surface area (Å²) < 4.78 is 16.4. The van der Waals surface area contributed by atoms with Crippen LogP contribution in [-0.2, 0) is 19.2 Å². The van der Waals surface area contributed by atoms with Crippen LogP contribution < -0.4 is 19.1 Å². The number of ether oxygens (including phenoxy) is 3. The molecule has 13 heteroatoms. The zero-order valence-electron chi connectivity index (χ0n) is 27.8. The van der Waals surface area contributed by atoms with Crippen LogP contribution in [0, 0.1) is 17.8 Å². The summed E-state index contributed by atoms with van der Waals surface area (Å²) in [5.41, 5.74) is 2.96. The molecule has 2 saturated heterocycles. The van der Waals surface area contributed by atoms with Crippen molar-refractivity contribution in [2.75, 3.05) is 31.7 Å². The van der Waals surface area contributed by atoms with E-state index in [9.17, 15) is 24.3 Å². The summed E-state index contributed by atoms with van der Waals surface area (Å²) in [4.78, 5) is 54.6. The van der Waals surface area contributed by atoms with Gasteiger partial charge in [0.05, 0.1) is 44.3 Å². The number of halogens is 3. The molecule has 4 aliphatic rings. The second kappa shape index (κ2) is 13.0. The number of amides is 4. The first-order chi connectivity index (χ1) is 24.4. The third-order valence-electron chi connectivity index (χ3n) is 10.6. The van der Waals surface area contributed by atoms with Crippen LogP contribution >= 0.6 is 39.1 Å². The van der Waals surface area contributed by atoms with Crippen molar-refractivity contribution in [2.45, 2.75) is 28.5 Å². The number of allylic oxidation sites excluding steroid dienone is 2. The van der Waals surface area contributed by atoms with E-state index in [1.54, 1.807) is 32.4 Å². The lowest BCUT2D eigenvalue weighted by Gasteiger charge is -2.50. The molecule has 2 aliphatic carbocycles. The molecule has 6 atom stereocenters. The Labute approximate surface area is 312 Å². The summed E-state index contributed by atoms with van der Waals surface area (Å²) in [5, 5.41) is 10.3. The third kappa shape index (κ3) is 5.18. The number of likely N-dealkylation sites (tertiary alicyclic amines) is 1. The van der Waals surface area contributed by atoms with E-state index in [2.05, 4.69) is 15.9 Å². The molecule has 0 bridgehead atoms. The maximum absolute atomic E-state index is 14.4. The lowest BCUT2D eigenvalue weighted by Crippen LogP contribution is -2.60. The number of methoxy groups -OCH3 is 3. The van der Waals surface area contributed by atoms with Crippen LogP contribution in [0.4, 0.5) is 5.69 Å². The van der Waals surface area contributed by atoms with Gasteiger partial charge in [-0.05, 0) is 60.7 Å². The molecule has 1 N–H and O–H groups in total. The number of imide groups is 2. The Hall–Kier alpha value is -4.32. The minimum atomic E-state index is -1.98. The number of anilines is 1. The molecule has 0 unspecified atom stereocenters. The zero-order valence-corrected chi connectivity index (χ0v) is 30.9. The van der Waals surface area contributed by atoms with Gasteiger partial charge in [0.2, 0.25) is 11.8 Å². The molecule has 0 aromatic heterocycles. The molecule has 1 saturated carbocycles. The van der Waals surface area contributed by atoms with E-state index in [-0.39, 0.29) is 35.7 Å². The quantitative estimate of drug-likeness (QED) is 0.0902. The number of aromatic hydroxyl groups is 1. The Morgan fingerprint density at radius 1 is 0.863 bits per heavy atom. The maximum atomic E-state index is 14.4. The topological polar surface area (TPSA) is 123 Å². The minimum Gasteiger partial charge on any atom is -0.508 e. The highest BCUT2D eigenvalue weighted by atomic mass is 79.9. The number of hydrogen-bond donors (Lipinski definition) is 1. The Kier molecular flexibility index (Phi) is 8.96. The van der Waals surface area contributed by atoms with Gasteiger partial charge >= 0.3 is 0 Å². The van der Waals surface area contributed by atoms with Crippen molar-refractivity contribution >= 4 is 80.6 Å². The van der Waals surface area contributed by atoms with Crippen LogP contribution in [0.25, 0.3) is 12.2 Å². The van der Waals surface area contributed by atoms with Gasteiger partial charge in [-0.25, -0.2) is 0 Å². The number of fused-ring (bicyclic) bond motifs is 4. The van der Waals surface area contributed by atoms with Crippen LogP contribution in [0.15, 0.2) is 72.3 Å². The largest absolute Gasteiger partial charge is 0.508 e. The summed E-state index contributed by atoms with van der Waals surface area (Å²) in [5.74, 6) is -3.92. The van der Waals surface area contributed by atoms with Gasteiger partial charge in [-0.1, -0.05) is 57.9 Å². The fourth-order valence-electron chi connectivity index (χ4n) is 8.18. The highest BCUT2D eigenvalue weighted by Crippen LogP contribution is 2.66. The minimum absolute atomic E-state index is 0.0777. The van der Waals surface area contributed by atoms with Gasteiger partial charge in [0, 0.05) is 23.1 Å². The summed E-state index contributed by atoms with van der Waals surface area (Å²) in [6, 6.07) is 17.0. The fourth-order valence-corrected chi connectivity index (χ4v) is 9.60. The number of alkyl halides is 3. The monoisotopic (exact) mass is 794 g/mol. The average Bonchev–Trinajstić information content (AvgIpc) is 3.48. The molecule has 10 nitrogen and oxygen atoms in total. The van der Waals surface area contributed by atoms with E-state index >= 15 is 0 Å². The summed E-state index contributed by atoms with van der Waals surface area (Å²) in [7, 11) is 4.60. The Bertz CT molecular complexity index is 2040. The van der Waals surface area contributed by atoms with Crippen LogP contribution in [0.5, 0.6) is 23.0 Å². The Balaban J connectivity index is 1.24. The van der Waals surface area contributed by atoms with E-state index in [0.717, 1.165) is 16.0 Å². The normalized spacial score (nSPS) is 28.5. The molecule has 264 valence electrons. The predicted octanol–water partition coefficient (Wildman–Crippen LogP) is 6.50. The van der Waals surface area contributed by atoms with Crippen LogP contribution in [0.2, 0.25) is 0 Å². The molecule has 3 aromatic carbocycles. The summed E-state index contributed by atoms with van der Waals surface area (Å²) >= 11 is 17.9. The summed E-state index contributed by atoms with van der Waals surface area (Å²) in [6.45, 7) is 0. The number of phenolic OH excluding ortho intramolecular Hbond substituents is 1.